The lowest BCUT2D eigenvalue weighted by Gasteiger charge is -2.14. The summed E-state index contributed by atoms with van der Waals surface area (Å²) in [5.74, 6) is -0.366. The number of nitrogens with one attached hydrogen (secondary N) is 1. The molecule has 0 aromatic carbocycles. The van der Waals surface area contributed by atoms with E-state index in [0.29, 0.717) is 0 Å². The summed E-state index contributed by atoms with van der Waals surface area (Å²) in [5, 5.41) is 29.6. The highest BCUT2D eigenvalue weighted by Gasteiger charge is 2.42. The number of aliphatic hydroxyl groups excluding tert-OH is 3. The first-order valence-corrected chi connectivity index (χ1v) is 3.96. The van der Waals surface area contributed by atoms with E-state index in [0.717, 1.165) is 0 Å². The molecule has 0 saturated carbocycles. The van der Waals surface area contributed by atoms with Crippen LogP contribution in [0.3, 0.4) is 0 Å². The third-order valence-electron chi connectivity index (χ3n) is 1.89. The van der Waals surface area contributed by atoms with Crippen LogP contribution in [0.1, 0.15) is 6.92 Å². The molecular weight excluding hydrogens is 178 g/mol. The van der Waals surface area contributed by atoms with Gasteiger partial charge < -0.3 is 25.4 Å². The monoisotopic (exact) mass is 191 g/mol. The Kier molecular flexibility index (Phi) is 3.21. The van der Waals surface area contributed by atoms with Crippen LogP contribution in [0.2, 0.25) is 0 Å². The molecule has 6 nitrogen and oxygen atoms in total. The van der Waals surface area contributed by atoms with Crippen LogP contribution >= 0.6 is 0 Å². The maximum atomic E-state index is 10.6. The zero-order valence-electron chi connectivity index (χ0n) is 7.17. The minimum absolute atomic E-state index is 0.366. The molecule has 1 aliphatic rings. The lowest BCUT2D eigenvalue weighted by atomic mass is 10.1. The molecule has 1 saturated heterocycles. The van der Waals surface area contributed by atoms with Crippen LogP contribution in [0.25, 0.3) is 0 Å². The molecule has 4 N–H and O–H groups in total. The van der Waals surface area contributed by atoms with E-state index in [-0.39, 0.29) is 5.91 Å². The summed E-state index contributed by atoms with van der Waals surface area (Å²) < 4.78 is 4.96. The van der Waals surface area contributed by atoms with Crippen molar-refractivity contribution in [3.8, 4) is 0 Å². The quantitative estimate of drug-likeness (QED) is 0.388. The fourth-order valence-corrected chi connectivity index (χ4v) is 1.22. The number of ether oxygens (including phenoxy) is 1. The first-order chi connectivity index (χ1) is 6.06. The Morgan fingerprint density at radius 2 is 2.08 bits per heavy atom. The van der Waals surface area contributed by atoms with Crippen LogP contribution in [-0.4, -0.2) is 52.4 Å². The molecule has 76 valence electrons. The molecule has 1 fully saturated rings. The van der Waals surface area contributed by atoms with Crippen LogP contribution in [-0.2, 0) is 9.53 Å². The van der Waals surface area contributed by atoms with E-state index in [9.17, 15) is 15.0 Å². The molecule has 0 bridgehead atoms. The van der Waals surface area contributed by atoms with Gasteiger partial charge in [-0.05, 0) is 0 Å². The van der Waals surface area contributed by atoms with Crippen molar-refractivity contribution >= 4 is 5.91 Å². The number of hydrogen-bond donors (Lipinski definition) is 4. The van der Waals surface area contributed by atoms with Gasteiger partial charge in [-0.25, -0.2) is 0 Å². The Labute approximate surface area is 75.1 Å². The summed E-state index contributed by atoms with van der Waals surface area (Å²) in [5.41, 5.74) is 0. The van der Waals surface area contributed by atoms with E-state index in [1.54, 1.807) is 0 Å². The van der Waals surface area contributed by atoms with Crippen molar-refractivity contribution in [3.63, 3.8) is 0 Å². The summed E-state index contributed by atoms with van der Waals surface area (Å²) in [6, 6.07) is 0. The topological polar surface area (TPSA) is 99.0 Å². The molecule has 0 aliphatic carbocycles. The molecule has 1 amide bonds. The SMILES string of the molecule is CC(=O)NC1O[C@H](CO)[C@H](O)[C@H]1O. The van der Waals surface area contributed by atoms with E-state index in [2.05, 4.69) is 5.32 Å². The largest absolute Gasteiger partial charge is 0.394 e. The van der Waals surface area contributed by atoms with Crippen LogP contribution in [0.4, 0.5) is 0 Å². The highest BCUT2D eigenvalue weighted by molar-refractivity contribution is 5.73. The minimum atomic E-state index is -1.19. The second-order valence-electron chi connectivity index (χ2n) is 2.96. The predicted molar refractivity (Wildman–Crippen MR) is 41.6 cm³/mol. The Hall–Kier alpha value is -0.690. The number of carbonyl (C=O) groups is 1. The molecule has 1 unspecified atom stereocenters. The maximum Gasteiger partial charge on any atom is 0.218 e. The van der Waals surface area contributed by atoms with Gasteiger partial charge in [-0.2, -0.15) is 0 Å². The molecule has 0 aromatic rings. The third-order valence-corrected chi connectivity index (χ3v) is 1.89. The fraction of sp³-hybridized carbons (Fsp3) is 0.857. The third kappa shape index (κ3) is 2.16. The Balaban J connectivity index is 2.55. The van der Waals surface area contributed by atoms with Crippen LogP contribution in [0, 0.1) is 0 Å². The molecule has 0 aromatic heterocycles. The summed E-state index contributed by atoms with van der Waals surface area (Å²) in [6.07, 6.45) is -4.14. The fourth-order valence-electron chi connectivity index (χ4n) is 1.22. The lowest BCUT2D eigenvalue weighted by Crippen LogP contribution is -2.42. The van der Waals surface area contributed by atoms with Crippen LogP contribution in [0.15, 0.2) is 0 Å². The highest BCUT2D eigenvalue weighted by Crippen LogP contribution is 2.18. The Morgan fingerprint density at radius 1 is 1.46 bits per heavy atom. The van der Waals surface area contributed by atoms with Crippen molar-refractivity contribution in [2.24, 2.45) is 0 Å². The lowest BCUT2D eigenvalue weighted by molar-refractivity contribution is -0.125. The van der Waals surface area contributed by atoms with Crippen molar-refractivity contribution in [1.82, 2.24) is 5.32 Å². The molecular formula is C7H13NO5. The van der Waals surface area contributed by atoms with Crippen LogP contribution < -0.4 is 5.32 Å². The smallest absolute Gasteiger partial charge is 0.218 e. The molecule has 1 aliphatic heterocycles. The molecule has 1 rings (SSSR count). The summed E-state index contributed by atoms with van der Waals surface area (Å²) in [4.78, 5) is 10.6. The van der Waals surface area contributed by atoms with Crippen molar-refractivity contribution in [2.45, 2.75) is 31.5 Å². The molecule has 13 heavy (non-hydrogen) atoms. The minimum Gasteiger partial charge on any atom is -0.394 e. The van der Waals surface area contributed by atoms with Crippen molar-refractivity contribution in [3.05, 3.63) is 0 Å². The highest BCUT2D eigenvalue weighted by atomic mass is 16.6. The first kappa shape index (κ1) is 10.4. The molecule has 0 spiro atoms. The average molecular weight is 191 g/mol. The molecule has 4 atom stereocenters. The number of aliphatic hydroxyl groups is 3. The normalized spacial score (nSPS) is 39.1. The summed E-state index contributed by atoms with van der Waals surface area (Å²) >= 11 is 0. The van der Waals surface area contributed by atoms with Gasteiger partial charge in [0.25, 0.3) is 0 Å². The van der Waals surface area contributed by atoms with Crippen molar-refractivity contribution in [1.29, 1.82) is 0 Å². The molecule has 6 heteroatoms. The zero-order valence-corrected chi connectivity index (χ0v) is 7.17. The standard InChI is InChI=1S/C7H13NO5/c1-3(10)8-7-6(12)5(11)4(2-9)13-7/h4-7,9,11-12H,2H2,1H3,(H,8,10)/t4-,5+,6-,7?/m1/s1. The van der Waals surface area contributed by atoms with Gasteiger partial charge >= 0.3 is 0 Å². The zero-order chi connectivity index (χ0) is 10.0. The van der Waals surface area contributed by atoms with E-state index >= 15 is 0 Å². The van der Waals surface area contributed by atoms with Gasteiger partial charge in [0.05, 0.1) is 6.61 Å². The van der Waals surface area contributed by atoms with Gasteiger partial charge in [0.2, 0.25) is 5.91 Å². The van der Waals surface area contributed by atoms with Gasteiger partial charge in [0.1, 0.15) is 18.3 Å². The first-order valence-electron chi connectivity index (χ1n) is 3.96. The Bertz CT molecular complexity index is 197. The second-order valence-corrected chi connectivity index (χ2v) is 2.96. The van der Waals surface area contributed by atoms with E-state index < -0.39 is 31.1 Å². The van der Waals surface area contributed by atoms with Gasteiger partial charge in [-0.15, -0.1) is 0 Å². The van der Waals surface area contributed by atoms with Gasteiger partial charge in [0, 0.05) is 6.92 Å². The second kappa shape index (κ2) is 4.01. The number of amides is 1. The predicted octanol–water partition coefficient (Wildman–Crippen LogP) is -2.44. The van der Waals surface area contributed by atoms with Gasteiger partial charge in [-0.3, -0.25) is 4.79 Å². The number of rotatable bonds is 2. The summed E-state index contributed by atoms with van der Waals surface area (Å²) in [6.45, 7) is 0.878. The maximum absolute atomic E-state index is 10.6. The molecule has 1 heterocycles. The van der Waals surface area contributed by atoms with Gasteiger partial charge in [-0.1, -0.05) is 0 Å². The van der Waals surface area contributed by atoms with Gasteiger partial charge in [0.15, 0.2) is 6.23 Å². The number of carbonyl (C=O) groups excluding carboxylic acids is 1. The van der Waals surface area contributed by atoms with E-state index in [4.69, 9.17) is 9.84 Å². The van der Waals surface area contributed by atoms with Crippen LogP contribution in [0.5, 0.6) is 0 Å². The summed E-state index contributed by atoms with van der Waals surface area (Å²) in [7, 11) is 0. The van der Waals surface area contributed by atoms with Crippen molar-refractivity contribution < 1.29 is 24.9 Å². The molecule has 0 radical (unpaired) electrons. The average Bonchev–Trinajstić information content (AvgIpc) is 2.32. The Morgan fingerprint density at radius 3 is 2.46 bits per heavy atom. The van der Waals surface area contributed by atoms with E-state index in [1.807, 2.05) is 0 Å². The number of hydrogen-bond acceptors (Lipinski definition) is 5. The van der Waals surface area contributed by atoms with Crippen molar-refractivity contribution in [2.75, 3.05) is 6.61 Å². The van der Waals surface area contributed by atoms with E-state index in [1.165, 1.54) is 6.92 Å².